The maximum atomic E-state index is 2.72. The molecule has 0 radical (unpaired) electrons. The molecule has 0 spiro atoms. The zero-order chi connectivity index (χ0) is 12.2. The van der Waals surface area contributed by atoms with Crippen molar-refractivity contribution in [1.29, 1.82) is 0 Å². The van der Waals surface area contributed by atoms with Gasteiger partial charge in [-0.05, 0) is 0 Å². The van der Waals surface area contributed by atoms with Crippen molar-refractivity contribution in [2.24, 2.45) is 0 Å². The van der Waals surface area contributed by atoms with E-state index in [1.54, 1.807) is 0 Å². The van der Waals surface area contributed by atoms with Crippen molar-refractivity contribution in [2.45, 2.75) is 75.7 Å². The standard InChI is InChI=1S/C15H30N.Li/c1-2-13-16-14-11-9-7-5-3-4-6-8-10-12-15-16;/h1-15H2;. The van der Waals surface area contributed by atoms with E-state index in [9.17, 15) is 0 Å². The van der Waals surface area contributed by atoms with E-state index in [2.05, 4.69) is 22.6 Å². The molecular weight excluding hydrogens is 201 g/mol. The van der Waals surface area contributed by atoms with Gasteiger partial charge in [0.25, 0.3) is 0 Å². The molecule has 1 fully saturated rings. The van der Waals surface area contributed by atoms with Crippen molar-refractivity contribution in [2.75, 3.05) is 19.6 Å². The van der Waals surface area contributed by atoms with Crippen molar-refractivity contribution in [3.63, 3.8) is 0 Å². The summed E-state index contributed by atoms with van der Waals surface area (Å²) in [6.07, 6.45) is 16.1. The van der Waals surface area contributed by atoms with Crippen molar-refractivity contribution in [3.8, 4) is 0 Å². The predicted molar refractivity (Wildman–Crippen MR) is 77.8 cm³/mol. The molecule has 1 rings (SSSR count). The van der Waals surface area contributed by atoms with Crippen LogP contribution in [0.3, 0.4) is 0 Å². The number of rotatable bonds is 3. The third-order valence-corrected chi connectivity index (χ3v) is 4.03. The quantitative estimate of drug-likeness (QED) is 0.659. The van der Waals surface area contributed by atoms with Crippen LogP contribution in [0.15, 0.2) is 0 Å². The molecule has 96 valence electrons. The molecule has 0 aliphatic carbocycles. The summed E-state index contributed by atoms with van der Waals surface area (Å²) in [7, 11) is 0. The molecular formula is C15H30LiN. The maximum absolute atomic E-state index is 2.72. The van der Waals surface area contributed by atoms with Gasteiger partial charge in [0.15, 0.2) is 0 Å². The van der Waals surface area contributed by atoms with Gasteiger partial charge in [0.2, 0.25) is 0 Å². The molecule has 17 heavy (non-hydrogen) atoms. The van der Waals surface area contributed by atoms with Crippen LogP contribution in [0.2, 0.25) is 5.09 Å². The van der Waals surface area contributed by atoms with Crippen LogP contribution < -0.4 is 0 Å². The van der Waals surface area contributed by atoms with Gasteiger partial charge in [0.05, 0.1) is 0 Å². The van der Waals surface area contributed by atoms with Crippen LogP contribution in [-0.2, 0) is 0 Å². The molecule has 0 amide bonds. The first-order valence-corrected chi connectivity index (χ1v) is 8.16. The number of hydrogen-bond donors (Lipinski definition) is 0. The first-order chi connectivity index (χ1) is 8.43. The molecule has 0 aromatic rings. The van der Waals surface area contributed by atoms with Gasteiger partial charge in [-0.15, -0.1) is 0 Å². The Morgan fingerprint density at radius 2 is 1.06 bits per heavy atom. The van der Waals surface area contributed by atoms with Crippen LogP contribution in [0.4, 0.5) is 0 Å². The van der Waals surface area contributed by atoms with Crippen LogP contribution >= 0.6 is 0 Å². The second kappa shape index (κ2) is 11.6. The van der Waals surface area contributed by atoms with E-state index in [-0.39, 0.29) is 0 Å². The van der Waals surface area contributed by atoms with Gasteiger partial charge in [-0.3, -0.25) is 0 Å². The fourth-order valence-electron chi connectivity index (χ4n) is 2.80. The van der Waals surface area contributed by atoms with E-state index in [4.69, 9.17) is 0 Å². The average molecular weight is 231 g/mol. The van der Waals surface area contributed by atoms with E-state index in [1.807, 2.05) is 0 Å². The molecule has 2 heteroatoms. The molecule has 0 N–H and O–H groups in total. The summed E-state index contributed by atoms with van der Waals surface area (Å²) in [5, 5.41) is 1.34. The van der Waals surface area contributed by atoms with Gasteiger partial charge < -0.3 is 0 Å². The molecule has 0 aromatic heterocycles. The van der Waals surface area contributed by atoms with E-state index >= 15 is 0 Å². The zero-order valence-electron chi connectivity index (χ0n) is 12.1. The second-order valence-corrected chi connectivity index (χ2v) is 5.73. The summed E-state index contributed by atoms with van der Waals surface area (Å²) in [6.45, 7) is 4.07. The summed E-state index contributed by atoms with van der Waals surface area (Å²) in [5.41, 5.74) is 0. The Kier molecular flexibility index (Phi) is 10.7. The van der Waals surface area contributed by atoms with Gasteiger partial charge >= 0.3 is 118 Å². The molecule has 0 bridgehead atoms. The summed E-state index contributed by atoms with van der Waals surface area (Å²) in [4.78, 5) is 2.72. The van der Waals surface area contributed by atoms with Crippen molar-refractivity contribution in [3.05, 3.63) is 0 Å². The van der Waals surface area contributed by atoms with E-state index in [0.29, 0.717) is 0 Å². The van der Waals surface area contributed by atoms with Crippen LogP contribution in [0.1, 0.15) is 70.6 Å². The fraction of sp³-hybridized carbons (Fsp3) is 1.00. The van der Waals surface area contributed by atoms with Crippen molar-refractivity contribution in [1.82, 2.24) is 4.90 Å². The number of hydrogen-bond acceptors (Lipinski definition) is 1. The van der Waals surface area contributed by atoms with Gasteiger partial charge in [-0.2, -0.15) is 0 Å². The second-order valence-electron chi connectivity index (χ2n) is 5.73. The Morgan fingerprint density at radius 3 is 1.47 bits per heavy atom. The normalized spacial score (nSPS) is 22.5. The predicted octanol–water partition coefficient (Wildman–Crippen LogP) is 4.18. The molecule has 1 saturated heterocycles. The van der Waals surface area contributed by atoms with Gasteiger partial charge in [-0.1, -0.05) is 0 Å². The molecule has 0 unspecified atom stereocenters. The van der Waals surface area contributed by atoms with Crippen LogP contribution in [0, 0.1) is 0 Å². The van der Waals surface area contributed by atoms with E-state index in [1.165, 1.54) is 95.4 Å². The van der Waals surface area contributed by atoms with Crippen molar-refractivity contribution < 1.29 is 0 Å². The summed E-state index contributed by atoms with van der Waals surface area (Å²) < 4.78 is 0. The molecule has 1 aliphatic heterocycles. The topological polar surface area (TPSA) is 3.24 Å². The Hall–Kier alpha value is 0.557. The Balaban J connectivity index is 2.20. The fourth-order valence-corrected chi connectivity index (χ4v) is 2.80. The van der Waals surface area contributed by atoms with Crippen LogP contribution in [-0.4, -0.2) is 42.2 Å². The Bertz CT molecular complexity index is 147. The van der Waals surface area contributed by atoms with Crippen LogP contribution in [0.25, 0.3) is 0 Å². The first kappa shape index (κ1) is 15.6. The summed E-state index contributed by atoms with van der Waals surface area (Å²) >= 11 is 2.31. The summed E-state index contributed by atoms with van der Waals surface area (Å²) in [6, 6.07) is 0. The number of nitrogens with zero attached hydrogens (tertiary/aromatic N) is 1. The molecule has 1 heterocycles. The van der Waals surface area contributed by atoms with E-state index < -0.39 is 0 Å². The Morgan fingerprint density at radius 1 is 0.647 bits per heavy atom. The Labute approximate surface area is 118 Å². The molecule has 0 atom stereocenters. The first-order valence-electron chi connectivity index (χ1n) is 8.16. The van der Waals surface area contributed by atoms with Crippen molar-refractivity contribution >= 4 is 17.7 Å². The van der Waals surface area contributed by atoms with E-state index in [0.717, 1.165) is 0 Å². The zero-order valence-corrected chi connectivity index (χ0v) is 12.1. The third-order valence-electron chi connectivity index (χ3n) is 4.03. The monoisotopic (exact) mass is 231 g/mol. The molecule has 0 saturated carbocycles. The van der Waals surface area contributed by atoms with Crippen LogP contribution in [0.5, 0.6) is 0 Å². The summed E-state index contributed by atoms with van der Waals surface area (Å²) in [5.74, 6) is 0. The SMILES string of the molecule is [Li][CH2]CCN1CCCCCCCCCCCC1. The van der Waals surface area contributed by atoms with Gasteiger partial charge in [0.1, 0.15) is 0 Å². The molecule has 1 nitrogen and oxygen atoms in total. The minimum absolute atomic E-state index is 1.34. The van der Waals surface area contributed by atoms with Gasteiger partial charge in [-0.25, -0.2) is 0 Å². The molecule has 1 aliphatic rings. The van der Waals surface area contributed by atoms with Gasteiger partial charge in [0, 0.05) is 0 Å². The average Bonchev–Trinajstić information content (AvgIpc) is 2.37. The molecule has 0 aromatic carbocycles. The third kappa shape index (κ3) is 9.17. The minimum atomic E-state index is 1.34.